The number of nitrogens with one attached hydrogen (secondary N) is 1. The molecule has 0 saturated carbocycles. The number of amides is 1. The van der Waals surface area contributed by atoms with Crippen LogP contribution in [-0.2, 0) is 0 Å². The highest BCUT2D eigenvalue weighted by Gasteiger charge is 2.02. The van der Waals surface area contributed by atoms with Gasteiger partial charge in [0.2, 0.25) is 0 Å². The van der Waals surface area contributed by atoms with Crippen LogP contribution in [0.5, 0.6) is 0 Å². The van der Waals surface area contributed by atoms with Gasteiger partial charge in [-0.2, -0.15) is 0 Å². The summed E-state index contributed by atoms with van der Waals surface area (Å²) in [5.74, 6) is 0.0134. The topological polar surface area (TPSA) is 55.1 Å². The summed E-state index contributed by atoms with van der Waals surface area (Å²) < 4.78 is 0. The largest absolute Gasteiger partial charge is 0.352 e. The number of hydrogen-bond donors (Lipinski definition) is 2. The summed E-state index contributed by atoms with van der Waals surface area (Å²) in [6.45, 7) is 1.51. The molecular formula is C13H20N2O. The second-order valence-electron chi connectivity index (χ2n) is 3.82. The van der Waals surface area contributed by atoms with E-state index in [2.05, 4.69) is 5.32 Å². The smallest absolute Gasteiger partial charge is 0.251 e. The van der Waals surface area contributed by atoms with Crippen molar-refractivity contribution in [2.75, 3.05) is 13.1 Å². The summed E-state index contributed by atoms with van der Waals surface area (Å²) in [4.78, 5) is 11.6. The normalized spacial score (nSPS) is 10.1. The molecule has 0 atom stereocenters. The molecule has 1 rings (SSSR count). The first-order valence-corrected chi connectivity index (χ1v) is 5.88. The van der Waals surface area contributed by atoms with E-state index in [0.717, 1.165) is 44.3 Å². The third-order valence-corrected chi connectivity index (χ3v) is 2.45. The van der Waals surface area contributed by atoms with E-state index < -0.39 is 0 Å². The maximum Gasteiger partial charge on any atom is 0.251 e. The fraction of sp³-hybridized carbons (Fsp3) is 0.462. The van der Waals surface area contributed by atoms with Crippen molar-refractivity contribution in [2.24, 2.45) is 5.73 Å². The van der Waals surface area contributed by atoms with Crippen molar-refractivity contribution in [1.82, 2.24) is 5.32 Å². The first-order chi connectivity index (χ1) is 7.84. The molecular weight excluding hydrogens is 200 g/mol. The molecule has 16 heavy (non-hydrogen) atoms. The van der Waals surface area contributed by atoms with Crippen LogP contribution in [0.4, 0.5) is 0 Å². The minimum Gasteiger partial charge on any atom is -0.352 e. The molecule has 88 valence electrons. The lowest BCUT2D eigenvalue weighted by atomic mass is 10.2. The fourth-order valence-electron chi connectivity index (χ4n) is 1.52. The van der Waals surface area contributed by atoms with Gasteiger partial charge < -0.3 is 11.1 Å². The summed E-state index contributed by atoms with van der Waals surface area (Å²) in [5, 5.41) is 2.91. The molecule has 1 amide bonds. The van der Waals surface area contributed by atoms with Crippen molar-refractivity contribution in [3.8, 4) is 0 Å². The van der Waals surface area contributed by atoms with Gasteiger partial charge in [0, 0.05) is 12.1 Å². The standard InChI is InChI=1S/C13H20N2O/c14-10-6-1-2-7-11-15-13(16)12-8-4-3-5-9-12/h3-5,8-9H,1-2,6-7,10-11,14H2,(H,15,16). The Bertz CT molecular complexity index is 298. The molecule has 1 aromatic rings. The lowest BCUT2D eigenvalue weighted by Gasteiger charge is -2.04. The number of benzene rings is 1. The Morgan fingerprint density at radius 1 is 1.06 bits per heavy atom. The van der Waals surface area contributed by atoms with Gasteiger partial charge in [0.25, 0.3) is 5.91 Å². The van der Waals surface area contributed by atoms with E-state index in [1.165, 1.54) is 0 Å². The average molecular weight is 220 g/mol. The van der Waals surface area contributed by atoms with E-state index in [4.69, 9.17) is 5.73 Å². The molecule has 0 aromatic heterocycles. The minimum absolute atomic E-state index is 0.0134. The van der Waals surface area contributed by atoms with E-state index in [1.54, 1.807) is 0 Å². The predicted molar refractivity (Wildman–Crippen MR) is 66.3 cm³/mol. The first-order valence-electron chi connectivity index (χ1n) is 5.88. The molecule has 0 bridgehead atoms. The van der Waals surface area contributed by atoms with E-state index in [0.29, 0.717) is 0 Å². The monoisotopic (exact) mass is 220 g/mol. The van der Waals surface area contributed by atoms with Crippen LogP contribution >= 0.6 is 0 Å². The van der Waals surface area contributed by atoms with Gasteiger partial charge in [0.05, 0.1) is 0 Å². The molecule has 0 fully saturated rings. The van der Waals surface area contributed by atoms with Crippen LogP contribution in [0.1, 0.15) is 36.0 Å². The first kappa shape index (κ1) is 12.7. The number of hydrogen-bond acceptors (Lipinski definition) is 2. The Hall–Kier alpha value is -1.35. The number of unbranched alkanes of at least 4 members (excludes halogenated alkanes) is 3. The molecule has 0 spiro atoms. The lowest BCUT2D eigenvalue weighted by molar-refractivity contribution is 0.0953. The summed E-state index contributed by atoms with van der Waals surface area (Å²) >= 11 is 0. The third kappa shape index (κ3) is 4.94. The highest BCUT2D eigenvalue weighted by atomic mass is 16.1. The van der Waals surface area contributed by atoms with Crippen LogP contribution in [0.2, 0.25) is 0 Å². The van der Waals surface area contributed by atoms with Crippen LogP contribution in [0.3, 0.4) is 0 Å². The van der Waals surface area contributed by atoms with Crippen molar-refractivity contribution < 1.29 is 4.79 Å². The number of nitrogens with two attached hydrogens (primary N) is 1. The van der Waals surface area contributed by atoms with Gasteiger partial charge in [-0.25, -0.2) is 0 Å². The summed E-state index contributed by atoms with van der Waals surface area (Å²) in [6, 6.07) is 9.30. The molecule has 0 aliphatic carbocycles. The Kier molecular flexibility index (Phi) is 6.26. The molecule has 3 N–H and O–H groups in total. The van der Waals surface area contributed by atoms with Crippen LogP contribution in [0.15, 0.2) is 30.3 Å². The maximum absolute atomic E-state index is 11.6. The number of carbonyl (C=O) groups excluding carboxylic acids is 1. The quantitative estimate of drug-likeness (QED) is 0.690. The van der Waals surface area contributed by atoms with Gasteiger partial charge in [-0.05, 0) is 31.5 Å². The molecule has 0 radical (unpaired) electrons. The van der Waals surface area contributed by atoms with Crippen molar-refractivity contribution in [3.05, 3.63) is 35.9 Å². The zero-order chi connectivity index (χ0) is 11.6. The van der Waals surface area contributed by atoms with Gasteiger partial charge in [0.1, 0.15) is 0 Å². The number of rotatable bonds is 7. The molecule has 3 nitrogen and oxygen atoms in total. The fourth-order valence-corrected chi connectivity index (χ4v) is 1.52. The van der Waals surface area contributed by atoms with Crippen molar-refractivity contribution in [2.45, 2.75) is 25.7 Å². The van der Waals surface area contributed by atoms with E-state index in [1.807, 2.05) is 30.3 Å². The highest BCUT2D eigenvalue weighted by molar-refractivity contribution is 5.94. The molecule has 0 aliphatic heterocycles. The van der Waals surface area contributed by atoms with Crippen LogP contribution in [0, 0.1) is 0 Å². The zero-order valence-corrected chi connectivity index (χ0v) is 9.61. The second-order valence-corrected chi connectivity index (χ2v) is 3.82. The number of carbonyl (C=O) groups is 1. The van der Waals surface area contributed by atoms with Gasteiger partial charge in [0.15, 0.2) is 0 Å². The maximum atomic E-state index is 11.6. The van der Waals surface area contributed by atoms with Gasteiger partial charge in [-0.15, -0.1) is 0 Å². The Balaban J connectivity index is 2.12. The van der Waals surface area contributed by atoms with Crippen molar-refractivity contribution >= 4 is 5.91 Å². The summed E-state index contributed by atoms with van der Waals surface area (Å²) in [5.41, 5.74) is 6.12. The molecule has 0 heterocycles. The van der Waals surface area contributed by atoms with Crippen LogP contribution in [0.25, 0.3) is 0 Å². The molecule has 0 saturated heterocycles. The van der Waals surface area contributed by atoms with E-state index >= 15 is 0 Å². The van der Waals surface area contributed by atoms with Crippen LogP contribution < -0.4 is 11.1 Å². The molecule has 0 unspecified atom stereocenters. The van der Waals surface area contributed by atoms with E-state index in [9.17, 15) is 4.79 Å². The highest BCUT2D eigenvalue weighted by Crippen LogP contribution is 2.00. The Labute approximate surface area is 97.0 Å². The average Bonchev–Trinajstić information content (AvgIpc) is 2.34. The predicted octanol–water partition coefficient (Wildman–Crippen LogP) is 1.94. The van der Waals surface area contributed by atoms with Gasteiger partial charge in [-0.1, -0.05) is 31.0 Å². The van der Waals surface area contributed by atoms with Crippen LogP contribution in [-0.4, -0.2) is 19.0 Å². The van der Waals surface area contributed by atoms with E-state index in [-0.39, 0.29) is 5.91 Å². The third-order valence-electron chi connectivity index (χ3n) is 2.45. The molecule has 1 aromatic carbocycles. The zero-order valence-electron chi connectivity index (χ0n) is 9.61. The Morgan fingerprint density at radius 2 is 1.75 bits per heavy atom. The van der Waals surface area contributed by atoms with Gasteiger partial charge in [-0.3, -0.25) is 4.79 Å². The summed E-state index contributed by atoms with van der Waals surface area (Å²) in [7, 11) is 0. The summed E-state index contributed by atoms with van der Waals surface area (Å²) in [6.07, 6.45) is 4.38. The molecule has 3 heteroatoms. The minimum atomic E-state index is 0.0134. The van der Waals surface area contributed by atoms with Gasteiger partial charge >= 0.3 is 0 Å². The lowest BCUT2D eigenvalue weighted by Crippen LogP contribution is -2.24. The van der Waals surface area contributed by atoms with Crippen molar-refractivity contribution in [1.29, 1.82) is 0 Å². The second kappa shape index (κ2) is 7.88. The van der Waals surface area contributed by atoms with Crippen molar-refractivity contribution in [3.63, 3.8) is 0 Å². The molecule has 0 aliphatic rings. The SMILES string of the molecule is NCCCCCCNC(=O)c1ccccc1. The Morgan fingerprint density at radius 3 is 2.44 bits per heavy atom.